The Bertz CT molecular complexity index is 3020. The third-order valence-corrected chi connectivity index (χ3v) is 11.9. The molecule has 1 heterocycles. The van der Waals surface area contributed by atoms with E-state index in [4.69, 9.17) is 0 Å². The molecule has 4 aromatic carbocycles. The summed E-state index contributed by atoms with van der Waals surface area (Å²) in [4.78, 5) is 7.18. The van der Waals surface area contributed by atoms with Crippen molar-refractivity contribution in [1.82, 2.24) is 15.0 Å². The second-order valence-electron chi connectivity index (χ2n) is 11.2. The second-order valence-corrected chi connectivity index (χ2v) is 17.9. The maximum Gasteiger partial charge on any atom is 1.00 e. The molecule has 324 valence electrons. The minimum absolute atomic E-state index is 0. The molecule has 5 aromatic rings. The number of anilines is 4. The molecule has 0 saturated heterocycles. The van der Waals surface area contributed by atoms with Crippen molar-refractivity contribution in [1.29, 1.82) is 0 Å². The fourth-order valence-corrected chi connectivity index (χ4v) is 7.98. The molecule has 0 saturated carbocycles. The van der Waals surface area contributed by atoms with Gasteiger partial charge in [0.2, 0.25) is 11.9 Å². The summed E-state index contributed by atoms with van der Waals surface area (Å²) in [6.07, 6.45) is -1.41. The van der Waals surface area contributed by atoms with E-state index in [1.165, 1.54) is 18.2 Å². The first-order valence-electron chi connectivity index (χ1n) is 15.6. The number of nitrogens with zero attached hydrogens (tertiary/aromatic N) is 7. The van der Waals surface area contributed by atoms with Gasteiger partial charge < -0.3 is 39.8 Å². The van der Waals surface area contributed by atoms with Gasteiger partial charge in [-0.1, -0.05) is 12.1 Å². The molecule has 0 fully saturated rings. The van der Waals surface area contributed by atoms with Crippen LogP contribution in [0.4, 0.5) is 50.4 Å². The number of hydrogen-bond donors (Lipinski definition) is 4. The Morgan fingerprint density at radius 2 is 1.18 bits per heavy atom. The number of halogens is 1. The smallest absolute Gasteiger partial charge is 0.744 e. The van der Waals surface area contributed by atoms with Gasteiger partial charge in [-0.25, -0.2) is 33.7 Å². The number of rotatable bonds is 18. The molecule has 26 nitrogen and oxygen atoms in total. The van der Waals surface area contributed by atoms with E-state index in [2.05, 4.69) is 59.6 Å². The number of para-hydroxylation sites is 1. The molecular formula is C29H20FN9Na4O17S5. The molecular weight excluding hydrogens is 1020 g/mol. The molecule has 0 aliphatic rings. The molecule has 0 aliphatic heterocycles. The van der Waals surface area contributed by atoms with Crippen LogP contribution in [0, 0.1) is 6.08 Å². The van der Waals surface area contributed by atoms with Crippen LogP contribution in [0.2, 0.25) is 0 Å². The van der Waals surface area contributed by atoms with Gasteiger partial charge in [-0.3, -0.25) is 9.22 Å². The van der Waals surface area contributed by atoms with Crippen LogP contribution in [0.1, 0.15) is 0 Å². The van der Waals surface area contributed by atoms with E-state index in [9.17, 15) is 67.2 Å². The van der Waals surface area contributed by atoms with Gasteiger partial charge in [0, 0.05) is 17.8 Å². The topological polar surface area (TPSA) is 409 Å². The zero-order valence-corrected chi connectivity index (χ0v) is 45.5. The van der Waals surface area contributed by atoms with Gasteiger partial charge in [0.25, 0.3) is 0 Å². The minimum Gasteiger partial charge on any atom is -0.744 e. The first-order chi connectivity index (χ1) is 28.5. The number of azo groups is 2. The van der Waals surface area contributed by atoms with Gasteiger partial charge >= 0.3 is 124 Å². The zero-order chi connectivity index (χ0) is 44.8. The van der Waals surface area contributed by atoms with Crippen LogP contribution in [0.3, 0.4) is 0 Å². The van der Waals surface area contributed by atoms with Crippen molar-refractivity contribution < 1.29 is 199 Å². The van der Waals surface area contributed by atoms with Crippen molar-refractivity contribution in [3.63, 3.8) is 0 Å². The number of nitrogens with one attached hydrogen (secondary N) is 2. The third-order valence-electron chi connectivity index (χ3n) is 7.20. The Labute approximate surface area is 459 Å². The van der Waals surface area contributed by atoms with E-state index in [1.54, 1.807) is 0 Å². The number of phenols is 2. The van der Waals surface area contributed by atoms with E-state index >= 15 is 0 Å². The first kappa shape index (κ1) is 61.1. The van der Waals surface area contributed by atoms with Gasteiger partial charge in [0.05, 0.1) is 37.6 Å². The zero-order valence-electron chi connectivity index (χ0n) is 33.4. The quantitative estimate of drug-likeness (QED) is 0.0120. The van der Waals surface area contributed by atoms with E-state index in [0.717, 1.165) is 42.5 Å². The van der Waals surface area contributed by atoms with Crippen LogP contribution in [0.25, 0.3) is 0 Å². The number of aromatic nitrogens is 3. The Balaban J connectivity index is 0.00000528. The maximum absolute atomic E-state index is 14.4. The summed E-state index contributed by atoms with van der Waals surface area (Å²) in [6, 6.07) is 11.0. The van der Waals surface area contributed by atoms with E-state index in [1.807, 2.05) is 0 Å². The van der Waals surface area contributed by atoms with Crippen molar-refractivity contribution in [2.45, 2.75) is 19.6 Å². The van der Waals surface area contributed by atoms with Gasteiger partial charge in [-0.05, 0) is 48.5 Å². The van der Waals surface area contributed by atoms with Gasteiger partial charge in [0.15, 0.2) is 22.2 Å². The number of sulfone groups is 1. The molecule has 1 aromatic heterocycles. The largest absolute Gasteiger partial charge is 1.00 e. The summed E-state index contributed by atoms with van der Waals surface area (Å²) in [7, 11) is -20.0. The molecule has 0 radical (unpaired) electrons. The maximum atomic E-state index is 14.4. The van der Waals surface area contributed by atoms with Gasteiger partial charge in [-0.15, -0.1) is 24.8 Å². The average molecular weight is 1040 g/mol. The predicted octanol–water partition coefficient (Wildman–Crippen LogP) is -8.95. The number of aromatic hydroxyl groups is 2. The van der Waals surface area contributed by atoms with Crippen molar-refractivity contribution in [2.24, 2.45) is 20.5 Å². The molecule has 0 spiro atoms. The fraction of sp³-hybridized carbons (Fsp3) is 0.0690. The van der Waals surface area contributed by atoms with Crippen LogP contribution >= 0.6 is 12.3 Å². The summed E-state index contributed by atoms with van der Waals surface area (Å²) in [5.74, 6) is -3.58. The van der Waals surface area contributed by atoms with Crippen molar-refractivity contribution in [3.05, 3.63) is 78.9 Å². The summed E-state index contributed by atoms with van der Waals surface area (Å²) in [5, 5.41) is 53.1. The van der Waals surface area contributed by atoms with E-state index in [-0.39, 0.29) is 142 Å². The first-order valence-corrected chi connectivity index (χ1v) is 22.2. The van der Waals surface area contributed by atoms with Crippen LogP contribution in [0.5, 0.6) is 11.5 Å². The summed E-state index contributed by atoms with van der Waals surface area (Å²) < 4.78 is 155. The third kappa shape index (κ3) is 17.5. The monoisotopic (exact) mass is 1040 g/mol. The molecule has 0 bridgehead atoms. The van der Waals surface area contributed by atoms with Gasteiger partial charge in [-0.2, -0.15) is 19.3 Å². The normalized spacial score (nSPS) is 11.8. The van der Waals surface area contributed by atoms with E-state index < -0.39 is 124 Å². The SMILES string of the molecule is O=S(=O)([O-])c1ccc(Nc2nc(F)nc(Nc3ccccc3S(=O)(=O)[O-])n2)cc1N=Nc1cc(N=Nc2ccc(S(=O)(=O)CCOSOO[O-])cc2S(=O)(=O)[O-])c(O)cc1O.[Na+].[Na+].[Na+].[Na+]. The Morgan fingerprint density at radius 1 is 0.631 bits per heavy atom. The molecule has 4 N–H and O–H groups in total. The Hall–Kier alpha value is -1.91. The minimum atomic E-state index is -5.43. The van der Waals surface area contributed by atoms with Crippen LogP contribution < -0.4 is 134 Å². The Kier molecular flexibility index (Phi) is 24.6. The van der Waals surface area contributed by atoms with Crippen molar-refractivity contribution in [2.75, 3.05) is 23.0 Å². The van der Waals surface area contributed by atoms with Crippen molar-refractivity contribution >= 4 is 98.5 Å². The molecule has 0 atom stereocenters. The van der Waals surface area contributed by atoms with Crippen LogP contribution in [-0.4, -0.2) is 84.9 Å². The van der Waals surface area contributed by atoms with Crippen molar-refractivity contribution in [3.8, 4) is 11.5 Å². The number of benzene rings is 4. The summed E-state index contributed by atoms with van der Waals surface area (Å²) >= 11 is 0.0146. The fourth-order valence-electron chi connectivity index (χ4n) is 4.61. The molecule has 36 heteroatoms. The number of hydrogen-bond acceptors (Lipinski definition) is 27. The summed E-state index contributed by atoms with van der Waals surface area (Å²) in [5.41, 5.74) is -3.06. The molecule has 5 rings (SSSR count). The van der Waals surface area contributed by atoms with Gasteiger partial charge in [0.1, 0.15) is 64.6 Å². The second kappa shape index (κ2) is 26.2. The van der Waals surface area contributed by atoms with Crippen LogP contribution in [0.15, 0.2) is 113 Å². The number of phenolic OH excluding ortho intramolecular Hbond substituents is 2. The molecule has 0 aliphatic carbocycles. The summed E-state index contributed by atoms with van der Waals surface area (Å²) in [6.45, 7) is -0.575. The van der Waals surface area contributed by atoms with Crippen LogP contribution in [-0.2, 0) is 53.7 Å². The molecule has 0 unspecified atom stereocenters. The average Bonchev–Trinajstić information content (AvgIpc) is 3.16. The predicted molar refractivity (Wildman–Crippen MR) is 195 cm³/mol. The molecule has 65 heavy (non-hydrogen) atoms. The molecule has 0 amide bonds. The standard InChI is InChI=1S/C29H24FN9O17S5.4Na/c30-27-33-28(35-29(34-27)32-17-3-1-2-4-24(17)59(45,46)47)31-15-5-8-25(60(48,49)50)21(11-15)39-38-20-13-19(22(40)14-23(20)41)37-36-18-7-6-16(12-26(18)61(51,52)53)58(43,44)10-9-54-57-56-55-42;;;;/h1-8,11-14,40-42H,9-10H2,(H,45,46,47)(H,48,49,50)(H,51,52,53)(H2,31,32,33,34,35);;;;/q;4*+1/p-4. The Morgan fingerprint density at radius 3 is 1.77 bits per heavy atom. The van der Waals surface area contributed by atoms with E-state index in [0.29, 0.717) is 12.1 Å².